The number of hydrogen-bond acceptors (Lipinski definition) is 8. The van der Waals surface area contributed by atoms with Gasteiger partial charge in [-0.05, 0) is 119 Å². The van der Waals surface area contributed by atoms with Crippen molar-refractivity contribution in [2.75, 3.05) is 0 Å². The molecule has 0 amide bonds. The van der Waals surface area contributed by atoms with Crippen LogP contribution in [-0.2, 0) is 6.18 Å². The highest BCUT2D eigenvalue weighted by molar-refractivity contribution is 6.13. The number of nitriles is 8. The van der Waals surface area contributed by atoms with Crippen LogP contribution in [0.15, 0.2) is 164 Å². The molecule has 0 aliphatic heterocycles. The van der Waals surface area contributed by atoms with Crippen molar-refractivity contribution in [2.24, 2.45) is 0 Å². The first-order valence-electron chi connectivity index (χ1n) is 23.1. The highest BCUT2D eigenvalue weighted by Crippen LogP contribution is 2.47. The minimum atomic E-state index is -4.87. The number of halogens is 3. The van der Waals surface area contributed by atoms with E-state index in [-0.39, 0.29) is 55.6 Å². The van der Waals surface area contributed by atoms with Gasteiger partial charge in [-0.3, -0.25) is 0 Å². The lowest BCUT2D eigenvalue weighted by Gasteiger charge is -2.21. The molecule has 2 heterocycles. The summed E-state index contributed by atoms with van der Waals surface area (Å²) in [6.45, 7) is 0. The number of nitrogens with zero attached hydrogens (tertiary/aromatic N) is 10. The first-order valence-corrected chi connectivity index (χ1v) is 23.1. The van der Waals surface area contributed by atoms with Crippen molar-refractivity contribution in [2.45, 2.75) is 6.18 Å². The van der Waals surface area contributed by atoms with E-state index in [2.05, 4.69) is 30.3 Å². The zero-order chi connectivity index (χ0) is 53.0. The van der Waals surface area contributed by atoms with E-state index in [4.69, 9.17) is 0 Å². The SMILES string of the molecule is N#Cc1cc(C#N)c(-c2ccc3c(c2)c2ccccc2n3-c2ccc(-c3ccc(C#N)cc3C(F)(F)F)cc2-c2c(C#N)cccc2-n2c3ccccc3c3cc(-c4c(C#N)cc(C#N)cc4C#N)ccc32)c(C#N)c1. The Labute approximate surface area is 430 Å². The van der Waals surface area contributed by atoms with E-state index in [0.29, 0.717) is 77.6 Å². The molecular formula is C63H27F3N10. The second-order valence-electron chi connectivity index (χ2n) is 17.6. The molecule has 2 aromatic heterocycles. The third-order valence-corrected chi connectivity index (χ3v) is 13.6. The molecule has 10 nitrogen and oxygen atoms in total. The monoisotopic (exact) mass is 980 g/mol. The van der Waals surface area contributed by atoms with Crippen LogP contribution in [0.1, 0.15) is 50.1 Å². The van der Waals surface area contributed by atoms with Gasteiger partial charge in [0.05, 0.1) is 132 Å². The maximum Gasteiger partial charge on any atom is 0.417 e. The second kappa shape index (κ2) is 18.2. The van der Waals surface area contributed by atoms with Crippen molar-refractivity contribution >= 4 is 43.6 Å². The topological polar surface area (TPSA) is 200 Å². The van der Waals surface area contributed by atoms with Gasteiger partial charge in [-0.25, -0.2) is 0 Å². The molecule has 0 spiro atoms. The van der Waals surface area contributed by atoms with Crippen molar-refractivity contribution in [1.29, 1.82) is 42.1 Å². The summed E-state index contributed by atoms with van der Waals surface area (Å²) in [6.07, 6.45) is -4.87. The van der Waals surface area contributed by atoms with Crippen molar-refractivity contribution in [1.82, 2.24) is 9.13 Å². The summed E-state index contributed by atoms with van der Waals surface area (Å²) in [5, 5.41) is 84.1. The van der Waals surface area contributed by atoms with E-state index in [1.54, 1.807) is 42.5 Å². The predicted molar refractivity (Wildman–Crippen MR) is 280 cm³/mol. The van der Waals surface area contributed by atoms with Crippen LogP contribution in [0.3, 0.4) is 0 Å². The highest BCUT2D eigenvalue weighted by Gasteiger charge is 2.35. The molecule has 76 heavy (non-hydrogen) atoms. The van der Waals surface area contributed by atoms with Gasteiger partial charge in [0.1, 0.15) is 0 Å². The van der Waals surface area contributed by atoms with Crippen molar-refractivity contribution in [3.05, 3.63) is 214 Å². The summed E-state index contributed by atoms with van der Waals surface area (Å²) in [5.41, 5.74) is 5.86. The standard InChI is InChI=1S/C63H27F3N10/c64-63(65,66)53-24-36(28-67)12-16-47(53)39-13-17-58(75-54-9-3-1-7-48(54)50-26-40(14-18-56(50)75)60-43(32-71)20-37(29-68)21-44(60)33-72)52(25-39)62-42(31-70)6-5-11-59(62)76-55-10-4-2-8-49(55)51-27-41(15-19-57(51)76)61-45(34-73)22-38(30-69)23-46(61)35-74/h1-27H. The molecule has 0 aliphatic carbocycles. The summed E-state index contributed by atoms with van der Waals surface area (Å²) in [7, 11) is 0. The molecule has 0 N–H and O–H groups in total. The molecule has 9 aromatic carbocycles. The van der Waals surface area contributed by atoms with Crippen LogP contribution in [0, 0.1) is 90.6 Å². The van der Waals surface area contributed by atoms with Crippen molar-refractivity contribution < 1.29 is 13.2 Å². The Kier molecular flexibility index (Phi) is 11.1. The molecule has 0 bridgehead atoms. The Morgan fingerprint density at radius 1 is 0.316 bits per heavy atom. The lowest BCUT2D eigenvalue weighted by molar-refractivity contribution is -0.137. The van der Waals surface area contributed by atoms with E-state index in [9.17, 15) is 42.1 Å². The first-order chi connectivity index (χ1) is 37.0. The van der Waals surface area contributed by atoms with E-state index in [0.717, 1.165) is 16.8 Å². The van der Waals surface area contributed by atoms with Crippen LogP contribution in [-0.4, -0.2) is 9.13 Å². The van der Waals surface area contributed by atoms with Crippen LogP contribution >= 0.6 is 0 Å². The summed E-state index contributed by atoms with van der Waals surface area (Å²) < 4.78 is 49.2. The normalized spacial score (nSPS) is 11.0. The number of alkyl halides is 3. The lowest BCUT2D eigenvalue weighted by atomic mass is 9.90. The predicted octanol–water partition coefficient (Wildman–Crippen LogP) is 14.5. The third kappa shape index (κ3) is 7.36. The number of benzene rings is 9. The molecule has 0 saturated heterocycles. The molecule has 0 unspecified atom stereocenters. The Hall–Kier alpha value is -11.7. The Balaban J connectivity index is 1.24. The average Bonchev–Trinajstić information content (AvgIpc) is 4.06. The molecular weight excluding hydrogens is 954 g/mol. The average molecular weight is 981 g/mol. The van der Waals surface area contributed by atoms with Crippen LogP contribution in [0.2, 0.25) is 0 Å². The first kappa shape index (κ1) is 46.7. The Bertz CT molecular complexity index is 4680. The molecule has 0 fully saturated rings. The van der Waals surface area contributed by atoms with Gasteiger partial charge in [-0.2, -0.15) is 55.3 Å². The van der Waals surface area contributed by atoms with Gasteiger partial charge in [0, 0.05) is 43.8 Å². The fraction of sp³-hybridized carbons (Fsp3) is 0.0159. The largest absolute Gasteiger partial charge is 0.417 e. The molecule has 0 saturated carbocycles. The second-order valence-corrected chi connectivity index (χ2v) is 17.6. The maximum atomic E-state index is 15.1. The van der Waals surface area contributed by atoms with Gasteiger partial charge >= 0.3 is 6.18 Å². The summed E-state index contributed by atoms with van der Waals surface area (Å²) in [4.78, 5) is 0. The molecule has 11 aromatic rings. The quantitative estimate of drug-likeness (QED) is 0.157. The number of rotatable bonds is 6. The van der Waals surface area contributed by atoms with Gasteiger partial charge in [0.25, 0.3) is 0 Å². The zero-order valence-corrected chi connectivity index (χ0v) is 39.2. The fourth-order valence-corrected chi connectivity index (χ4v) is 10.5. The minimum Gasteiger partial charge on any atom is -0.309 e. The van der Waals surface area contributed by atoms with Gasteiger partial charge in [0.2, 0.25) is 0 Å². The Morgan fingerprint density at radius 3 is 1.25 bits per heavy atom. The summed E-state index contributed by atoms with van der Waals surface area (Å²) >= 11 is 0. The molecule has 13 heteroatoms. The molecule has 11 rings (SSSR count). The minimum absolute atomic E-state index is 0.132. The summed E-state index contributed by atoms with van der Waals surface area (Å²) in [6, 6.07) is 62.0. The van der Waals surface area contributed by atoms with Gasteiger partial charge < -0.3 is 9.13 Å². The zero-order valence-electron chi connectivity index (χ0n) is 39.2. The highest BCUT2D eigenvalue weighted by atomic mass is 19.4. The number of fused-ring (bicyclic) bond motifs is 6. The van der Waals surface area contributed by atoms with E-state index >= 15 is 13.2 Å². The fourth-order valence-electron chi connectivity index (χ4n) is 10.5. The van der Waals surface area contributed by atoms with Crippen LogP contribution in [0.4, 0.5) is 13.2 Å². The number of hydrogen-bond donors (Lipinski definition) is 0. The third-order valence-electron chi connectivity index (χ3n) is 13.6. The molecule has 0 aliphatic rings. The molecule has 350 valence electrons. The maximum absolute atomic E-state index is 15.1. The Morgan fingerprint density at radius 2 is 0.776 bits per heavy atom. The molecule has 0 atom stereocenters. The van der Waals surface area contributed by atoms with Crippen LogP contribution in [0.25, 0.3) is 99.5 Å². The van der Waals surface area contributed by atoms with E-state index < -0.39 is 11.7 Å². The van der Waals surface area contributed by atoms with Crippen molar-refractivity contribution in [3.8, 4) is 104 Å². The van der Waals surface area contributed by atoms with Gasteiger partial charge in [0.15, 0.2) is 0 Å². The van der Waals surface area contributed by atoms with Crippen LogP contribution in [0.5, 0.6) is 0 Å². The van der Waals surface area contributed by atoms with Gasteiger partial charge in [-0.15, -0.1) is 0 Å². The molecule has 0 radical (unpaired) electrons. The van der Waals surface area contributed by atoms with Gasteiger partial charge in [-0.1, -0.05) is 66.7 Å². The van der Waals surface area contributed by atoms with Crippen LogP contribution < -0.4 is 0 Å². The lowest BCUT2D eigenvalue weighted by Crippen LogP contribution is -2.08. The number of para-hydroxylation sites is 2. The van der Waals surface area contributed by atoms with Crippen molar-refractivity contribution in [3.63, 3.8) is 0 Å². The smallest absolute Gasteiger partial charge is 0.309 e. The number of aromatic nitrogens is 2. The summed E-state index contributed by atoms with van der Waals surface area (Å²) in [5.74, 6) is 0. The van der Waals surface area contributed by atoms with E-state index in [1.807, 2.05) is 106 Å². The van der Waals surface area contributed by atoms with E-state index in [1.165, 1.54) is 36.4 Å².